The molecule has 32 heavy (non-hydrogen) atoms. The van der Waals surface area contributed by atoms with Crippen LogP contribution in [-0.2, 0) is 4.74 Å². The lowest BCUT2D eigenvalue weighted by Crippen LogP contribution is -2.41. The van der Waals surface area contributed by atoms with Crippen LogP contribution >= 0.6 is 0 Å². The van der Waals surface area contributed by atoms with Crippen molar-refractivity contribution in [1.29, 1.82) is 0 Å². The summed E-state index contributed by atoms with van der Waals surface area (Å²) in [5, 5.41) is 0.958. The molecule has 0 aliphatic carbocycles. The van der Waals surface area contributed by atoms with E-state index in [9.17, 15) is 9.18 Å². The van der Waals surface area contributed by atoms with Gasteiger partial charge < -0.3 is 19.0 Å². The Morgan fingerprint density at radius 1 is 1.19 bits per heavy atom. The van der Waals surface area contributed by atoms with Crippen LogP contribution in [0.1, 0.15) is 45.4 Å². The van der Waals surface area contributed by atoms with Crippen molar-refractivity contribution in [1.82, 2.24) is 14.9 Å². The second kappa shape index (κ2) is 7.65. The van der Waals surface area contributed by atoms with Crippen LogP contribution in [0.25, 0.3) is 33.1 Å². The Kier molecular flexibility index (Phi) is 4.92. The number of nitrogens with zero attached hydrogens (tertiary/aromatic N) is 2. The molecular weight excluding hydrogens is 409 g/mol. The lowest BCUT2D eigenvalue weighted by atomic mass is 9.97. The van der Waals surface area contributed by atoms with Gasteiger partial charge in [-0.1, -0.05) is 6.07 Å². The summed E-state index contributed by atoms with van der Waals surface area (Å²) in [4.78, 5) is 21.9. The van der Waals surface area contributed by atoms with Gasteiger partial charge in [-0.3, -0.25) is 0 Å². The standard InChI is InChI=1S/C25H26FN3O3/c1-25(2,3)32-24(30)29-10-8-15(9-11-29)23-28-20-7-4-16(12-22(20)31-23)19-14-27-21-13-17(26)5-6-18(19)21/h4-7,12-15,27H,8-11H2,1-3H3. The summed E-state index contributed by atoms with van der Waals surface area (Å²) in [6.07, 6.45) is 3.19. The highest BCUT2D eigenvalue weighted by atomic mass is 19.1. The normalized spacial score (nSPS) is 15.6. The number of halogens is 1. The zero-order valence-corrected chi connectivity index (χ0v) is 18.4. The molecule has 0 bridgehead atoms. The van der Waals surface area contributed by atoms with E-state index in [1.54, 1.807) is 11.0 Å². The summed E-state index contributed by atoms with van der Waals surface area (Å²) in [5.41, 5.74) is 3.77. The predicted molar refractivity (Wildman–Crippen MR) is 121 cm³/mol. The lowest BCUT2D eigenvalue weighted by molar-refractivity contribution is 0.0199. The van der Waals surface area contributed by atoms with Crippen LogP contribution in [0.4, 0.5) is 9.18 Å². The predicted octanol–water partition coefficient (Wildman–Crippen LogP) is 6.23. The molecule has 7 heteroatoms. The van der Waals surface area contributed by atoms with Gasteiger partial charge in [0.1, 0.15) is 16.9 Å². The van der Waals surface area contributed by atoms with E-state index in [4.69, 9.17) is 14.1 Å². The lowest BCUT2D eigenvalue weighted by Gasteiger charge is -2.32. The maximum atomic E-state index is 13.5. The quantitative estimate of drug-likeness (QED) is 0.405. The summed E-state index contributed by atoms with van der Waals surface area (Å²) >= 11 is 0. The highest BCUT2D eigenvalue weighted by molar-refractivity contribution is 5.97. The summed E-state index contributed by atoms with van der Waals surface area (Å²) in [7, 11) is 0. The van der Waals surface area contributed by atoms with E-state index in [2.05, 4.69) is 4.98 Å². The van der Waals surface area contributed by atoms with Crippen LogP contribution in [0.2, 0.25) is 0 Å². The average molecular weight is 435 g/mol. The monoisotopic (exact) mass is 435 g/mol. The van der Waals surface area contributed by atoms with Crippen molar-refractivity contribution in [3.63, 3.8) is 0 Å². The van der Waals surface area contributed by atoms with Gasteiger partial charge in [-0.25, -0.2) is 14.2 Å². The number of likely N-dealkylation sites (tertiary alicyclic amines) is 1. The minimum absolute atomic E-state index is 0.167. The Hall–Kier alpha value is -3.35. The molecule has 4 aromatic rings. The van der Waals surface area contributed by atoms with Gasteiger partial charge >= 0.3 is 6.09 Å². The maximum Gasteiger partial charge on any atom is 0.410 e. The van der Waals surface area contributed by atoms with Crippen LogP contribution in [-0.4, -0.2) is 39.7 Å². The van der Waals surface area contributed by atoms with E-state index in [0.29, 0.717) is 19.0 Å². The number of fused-ring (bicyclic) bond motifs is 2. The van der Waals surface area contributed by atoms with Gasteiger partial charge in [0.15, 0.2) is 11.5 Å². The third kappa shape index (κ3) is 3.95. The van der Waals surface area contributed by atoms with E-state index in [1.165, 1.54) is 12.1 Å². The second-order valence-corrected chi connectivity index (χ2v) is 9.37. The number of hydrogen-bond acceptors (Lipinski definition) is 4. The number of amides is 1. The molecule has 1 aliphatic heterocycles. The van der Waals surface area contributed by atoms with Crippen LogP contribution in [0.3, 0.4) is 0 Å². The first kappa shape index (κ1) is 20.5. The fourth-order valence-electron chi connectivity index (χ4n) is 4.26. The number of ether oxygens (including phenoxy) is 1. The molecular formula is C25H26FN3O3. The molecule has 1 fully saturated rings. The first-order chi connectivity index (χ1) is 15.3. The SMILES string of the molecule is CC(C)(C)OC(=O)N1CCC(c2nc3ccc(-c4c[nH]c5cc(F)ccc45)cc3o2)CC1. The van der Waals surface area contributed by atoms with Gasteiger partial charge in [-0.15, -0.1) is 0 Å². The van der Waals surface area contributed by atoms with Crippen LogP contribution in [0.5, 0.6) is 0 Å². The van der Waals surface area contributed by atoms with E-state index in [-0.39, 0.29) is 17.8 Å². The molecule has 6 nitrogen and oxygen atoms in total. The minimum atomic E-state index is -0.495. The van der Waals surface area contributed by atoms with Crippen molar-refractivity contribution in [3.05, 3.63) is 54.3 Å². The molecule has 1 saturated heterocycles. The Bertz CT molecular complexity index is 1290. The van der Waals surface area contributed by atoms with Gasteiger partial charge in [-0.2, -0.15) is 0 Å². The molecule has 0 saturated carbocycles. The van der Waals surface area contributed by atoms with Crippen molar-refractivity contribution < 1.29 is 18.3 Å². The fraction of sp³-hybridized carbons (Fsp3) is 0.360. The molecule has 2 aromatic carbocycles. The van der Waals surface area contributed by atoms with Crippen LogP contribution < -0.4 is 0 Å². The molecule has 1 N–H and O–H groups in total. The molecule has 2 aromatic heterocycles. The maximum absolute atomic E-state index is 13.5. The van der Waals surface area contributed by atoms with E-state index in [1.807, 2.05) is 45.2 Å². The molecule has 0 unspecified atom stereocenters. The number of benzene rings is 2. The number of carbonyl (C=O) groups is 1. The van der Waals surface area contributed by atoms with Gasteiger partial charge in [0.05, 0.1) is 0 Å². The molecule has 1 aliphatic rings. The van der Waals surface area contributed by atoms with Gasteiger partial charge in [-0.05, 0) is 69.5 Å². The number of piperidine rings is 1. The highest BCUT2D eigenvalue weighted by Gasteiger charge is 2.29. The Balaban J connectivity index is 1.34. The molecule has 1 amide bonds. The highest BCUT2D eigenvalue weighted by Crippen LogP contribution is 2.34. The molecule has 0 spiro atoms. The Labute approximate surface area is 185 Å². The zero-order chi connectivity index (χ0) is 22.5. The van der Waals surface area contributed by atoms with Gasteiger partial charge in [0.2, 0.25) is 0 Å². The van der Waals surface area contributed by atoms with E-state index >= 15 is 0 Å². The number of carbonyl (C=O) groups excluding carboxylic acids is 1. The van der Waals surface area contributed by atoms with Gasteiger partial charge in [0, 0.05) is 41.7 Å². The zero-order valence-electron chi connectivity index (χ0n) is 18.4. The number of rotatable bonds is 2. The first-order valence-electron chi connectivity index (χ1n) is 10.9. The topological polar surface area (TPSA) is 71.4 Å². The Morgan fingerprint density at radius 2 is 1.97 bits per heavy atom. The second-order valence-electron chi connectivity index (χ2n) is 9.37. The number of aromatic amines is 1. The smallest absolute Gasteiger partial charge is 0.410 e. The van der Waals surface area contributed by atoms with Crippen LogP contribution in [0.15, 0.2) is 47.0 Å². The third-order valence-corrected chi connectivity index (χ3v) is 5.86. The van der Waals surface area contributed by atoms with E-state index < -0.39 is 5.60 Å². The molecule has 5 rings (SSSR count). The van der Waals surface area contributed by atoms with E-state index in [0.717, 1.165) is 46.0 Å². The molecule has 0 atom stereocenters. The summed E-state index contributed by atoms with van der Waals surface area (Å²) < 4.78 is 25.1. The fourth-order valence-corrected chi connectivity index (χ4v) is 4.26. The molecule has 0 radical (unpaired) electrons. The number of H-pyrrole nitrogens is 1. The number of nitrogens with one attached hydrogen (secondary N) is 1. The Morgan fingerprint density at radius 3 is 2.72 bits per heavy atom. The van der Waals surface area contributed by atoms with Gasteiger partial charge in [0.25, 0.3) is 0 Å². The van der Waals surface area contributed by atoms with Crippen molar-refractivity contribution in [2.24, 2.45) is 0 Å². The molecule has 3 heterocycles. The number of hydrogen-bond donors (Lipinski definition) is 1. The minimum Gasteiger partial charge on any atom is -0.444 e. The first-order valence-corrected chi connectivity index (χ1v) is 10.9. The van der Waals surface area contributed by atoms with Crippen LogP contribution in [0, 0.1) is 5.82 Å². The van der Waals surface area contributed by atoms with Crippen molar-refractivity contribution in [3.8, 4) is 11.1 Å². The van der Waals surface area contributed by atoms with Crippen molar-refractivity contribution in [2.45, 2.75) is 45.1 Å². The summed E-state index contributed by atoms with van der Waals surface area (Å²) in [5.74, 6) is 0.613. The average Bonchev–Trinajstić information content (AvgIpc) is 3.35. The molecule has 166 valence electrons. The summed E-state index contributed by atoms with van der Waals surface area (Å²) in [6.45, 7) is 6.86. The third-order valence-electron chi connectivity index (χ3n) is 5.86. The summed E-state index contributed by atoms with van der Waals surface area (Å²) in [6, 6.07) is 10.7. The number of oxazole rings is 1. The largest absolute Gasteiger partial charge is 0.444 e. The van der Waals surface area contributed by atoms with Crippen molar-refractivity contribution in [2.75, 3.05) is 13.1 Å². The van der Waals surface area contributed by atoms with Crippen molar-refractivity contribution >= 4 is 28.1 Å². The number of aromatic nitrogens is 2.